The Kier molecular flexibility index (Phi) is 5.77. The van der Waals surface area contributed by atoms with Crippen molar-refractivity contribution in [3.8, 4) is 0 Å². The van der Waals surface area contributed by atoms with E-state index in [2.05, 4.69) is 26.0 Å². The number of amides is 1. The van der Waals surface area contributed by atoms with Crippen LogP contribution in [0.4, 0.5) is 5.69 Å². The Labute approximate surface area is 133 Å². The van der Waals surface area contributed by atoms with Crippen LogP contribution in [0.5, 0.6) is 0 Å². The molecule has 1 aromatic rings. The van der Waals surface area contributed by atoms with E-state index in [1.165, 1.54) is 13.0 Å². The van der Waals surface area contributed by atoms with Crippen molar-refractivity contribution in [1.82, 2.24) is 10.0 Å². The number of nitrogens with two attached hydrogens (primary N) is 1. The van der Waals surface area contributed by atoms with Gasteiger partial charge in [-0.1, -0.05) is 0 Å². The van der Waals surface area contributed by atoms with Crippen molar-refractivity contribution in [2.45, 2.75) is 44.7 Å². The smallest absolute Gasteiger partial charge is 0.241 e. The molecule has 1 aromatic carbocycles. The highest BCUT2D eigenvalue weighted by Crippen LogP contribution is 2.26. The van der Waals surface area contributed by atoms with Gasteiger partial charge in [0.1, 0.15) is 0 Å². The molecule has 0 aliphatic carbocycles. The minimum Gasteiger partial charge on any atom is -0.398 e. The third kappa shape index (κ3) is 4.69. The standard InChI is InChI=1S/C13H20BrN3O3S/c1-7(2)16-13(18)9(4)17-21(19,20)12-6-11(15)10(14)5-8(12)3/h5-7,9,17H,15H2,1-4H3,(H,16,18). The second-order valence-electron chi connectivity index (χ2n) is 5.15. The number of rotatable bonds is 5. The van der Waals surface area contributed by atoms with Gasteiger partial charge in [0.25, 0.3) is 0 Å². The van der Waals surface area contributed by atoms with Gasteiger partial charge in [-0.05, 0) is 61.3 Å². The Morgan fingerprint density at radius 3 is 2.38 bits per heavy atom. The number of nitrogens with one attached hydrogen (secondary N) is 2. The molecule has 0 fully saturated rings. The van der Waals surface area contributed by atoms with Gasteiger partial charge in [0, 0.05) is 16.2 Å². The monoisotopic (exact) mass is 377 g/mol. The summed E-state index contributed by atoms with van der Waals surface area (Å²) in [5.41, 5.74) is 6.59. The molecule has 1 rings (SSSR count). The van der Waals surface area contributed by atoms with E-state index < -0.39 is 16.1 Å². The molecule has 4 N–H and O–H groups in total. The van der Waals surface area contributed by atoms with Crippen LogP contribution in [0, 0.1) is 6.92 Å². The molecule has 0 aliphatic rings. The van der Waals surface area contributed by atoms with Crippen molar-refractivity contribution in [3.63, 3.8) is 0 Å². The summed E-state index contributed by atoms with van der Waals surface area (Å²) >= 11 is 3.24. The van der Waals surface area contributed by atoms with Gasteiger partial charge < -0.3 is 11.1 Å². The summed E-state index contributed by atoms with van der Waals surface area (Å²) in [5.74, 6) is -0.378. The molecule has 1 atom stereocenters. The molecule has 1 unspecified atom stereocenters. The van der Waals surface area contributed by atoms with E-state index >= 15 is 0 Å². The average molecular weight is 378 g/mol. The number of hydrogen-bond donors (Lipinski definition) is 3. The molecule has 118 valence electrons. The third-order valence-corrected chi connectivity index (χ3v) is 5.11. The maximum atomic E-state index is 12.4. The number of sulfonamides is 1. The van der Waals surface area contributed by atoms with Gasteiger partial charge in [-0.3, -0.25) is 4.79 Å². The number of halogens is 1. The molecular weight excluding hydrogens is 358 g/mol. The third-order valence-electron chi connectivity index (χ3n) is 2.74. The SMILES string of the molecule is Cc1cc(Br)c(N)cc1S(=O)(=O)NC(C)C(=O)NC(C)C. The summed E-state index contributed by atoms with van der Waals surface area (Å²) in [6, 6.07) is 2.06. The highest BCUT2D eigenvalue weighted by atomic mass is 79.9. The fourth-order valence-electron chi connectivity index (χ4n) is 1.72. The Balaban J connectivity index is 3.02. The van der Waals surface area contributed by atoms with Crippen LogP contribution in [0.15, 0.2) is 21.5 Å². The lowest BCUT2D eigenvalue weighted by atomic mass is 10.2. The number of hydrogen-bond acceptors (Lipinski definition) is 4. The Bertz CT molecular complexity index is 644. The van der Waals surface area contributed by atoms with Crippen LogP contribution in [0.3, 0.4) is 0 Å². The summed E-state index contributed by atoms with van der Waals surface area (Å²) in [7, 11) is -3.82. The molecule has 21 heavy (non-hydrogen) atoms. The maximum absolute atomic E-state index is 12.4. The minimum absolute atomic E-state index is 0.0606. The van der Waals surface area contributed by atoms with Gasteiger partial charge in [0.2, 0.25) is 15.9 Å². The molecule has 0 bridgehead atoms. The van der Waals surface area contributed by atoms with Crippen LogP contribution in [0.25, 0.3) is 0 Å². The lowest BCUT2D eigenvalue weighted by Crippen LogP contribution is -2.46. The molecular formula is C13H20BrN3O3S. The van der Waals surface area contributed by atoms with Gasteiger partial charge in [-0.15, -0.1) is 0 Å². The molecule has 6 nitrogen and oxygen atoms in total. The first-order valence-corrected chi connectivity index (χ1v) is 8.70. The predicted octanol–water partition coefficient (Wildman–Crippen LogP) is 1.53. The zero-order valence-corrected chi connectivity index (χ0v) is 14.8. The molecule has 0 saturated heterocycles. The highest BCUT2D eigenvalue weighted by Gasteiger charge is 2.24. The number of anilines is 1. The van der Waals surface area contributed by atoms with E-state index in [1.807, 2.05) is 0 Å². The van der Waals surface area contributed by atoms with Crippen molar-refractivity contribution in [2.75, 3.05) is 5.73 Å². The van der Waals surface area contributed by atoms with Gasteiger partial charge in [0.05, 0.1) is 10.9 Å². The van der Waals surface area contributed by atoms with E-state index in [0.29, 0.717) is 15.7 Å². The molecule has 0 heterocycles. The summed E-state index contributed by atoms with van der Waals surface area (Å²) in [5, 5.41) is 2.65. The number of nitrogen functional groups attached to an aromatic ring is 1. The lowest BCUT2D eigenvalue weighted by molar-refractivity contribution is -0.122. The zero-order valence-electron chi connectivity index (χ0n) is 12.4. The Hall–Kier alpha value is -1.12. The molecule has 0 aliphatic heterocycles. The Morgan fingerprint density at radius 2 is 1.86 bits per heavy atom. The highest BCUT2D eigenvalue weighted by molar-refractivity contribution is 9.10. The van der Waals surface area contributed by atoms with Gasteiger partial charge >= 0.3 is 0 Å². The average Bonchev–Trinajstić information content (AvgIpc) is 2.32. The number of benzene rings is 1. The normalized spacial score (nSPS) is 13.2. The van der Waals surface area contributed by atoms with Crippen LogP contribution in [-0.2, 0) is 14.8 Å². The van der Waals surface area contributed by atoms with Crippen molar-refractivity contribution in [1.29, 1.82) is 0 Å². The second kappa shape index (κ2) is 6.76. The van der Waals surface area contributed by atoms with E-state index in [-0.39, 0.29) is 16.8 Å². The molecule has 0 radical (unpaired) electrons. The van der Waals surface area contributed by atoms with Gasteiger partial charge in [0.15, 0.2) is 0 Å². The first-order valence-electron chi connectivity index (χ1n) is 6.43. The summed E-state index contributed by atoms with van der Waals surface area (Å²) in [4.78, 5) is 11.9. The Morgan fingerprint density at radius 1 is 1.29 bits per heavy atom. The predicted molar refractivity (Wildman–Crippen MR) is 86.4 cm³/mol. The fraction of sp³-hybridized carbons (Fsp3) is 0.462. The van der Waals surface area contributed by atoms with Crippen LogP contribution in [0.1, 0.15) is 26.3 Å². The van der Waals surface area contributed by atoms with Crippen molar-refractivity contribution in [2.24, 2.45) is 0 Å². The van der Waals surface area contributed by atoms with Gasteiger partial charge in [-0.2, -0.15) is 4.72 Å². The number of carbonyl (C=O) groups excluding carboxylic acids is 1. The molecule has 1 amide bonds. The van der Waals surface area contributed by atoms with Crippen LogP contribution in [-0.4, -0.2) is 26.4 Å². The van der Waals surface area contributed by atoms with Crippen molar-refractivity contribution in [3.05, 3.63) is 22.2 Å². The maximum Gasteiger partial charge on any atom is 0.241 e. The van der Waals surface area contributed by atoms with Crippen molar-refractivity contribution < 1.29 is 13.2 Å². The number of aryl methyl sites for hydroxylation is 1. The zero-order chi connectivity index (χ0) is 16.4. The van der Waals surface area contributed by atoms with E-state index in [0.717, 1.165) is 0 Å². The van der Waals surface area contributed by atoms with Crippen LogP contribution >= 0.6 is 15.9 Å². The van der Waals surface area contributed by atoms with E-state index in [9.17, 15) is 13.2 Å². The van der Waals surface area contributed by atoms with Crippen LogP contribution in [0.2, 0.25) is 0 Å². The molecule has 0 saturated carbocycles. The first kappa shape index (κ1) is 17.9. The second-order valence-corrected chi connectivity index (χ2v) is 7.68. The lowest BCUT2D eigenvalue weighted by Gasteiger charge is -2.17. The molecule has 0 aromatic heterocycles. The summed E-state index contributed by atoms with van der Waals surface area (Å²) in [6.45, 7) is 6.77. The molecule has 0 spiro atoms. The molecule has 8 heteroatoms. The van der Waals surface area contributed by atoms with Crippen molar-refractivity contribution >= 4 is 37.5 Å². The summed E-state index contributed by atoms with van der Waals surface area (Å²) < 4.78 is 27.7. The quantitative estimate of drug-likeness (QED) is 0.677. The van der Waals surface area contributed by atoms with Crippen LogP contribution < -0.4 is 15.8 Å². The topological polar surface area (TPSA) is 101 Å². The largest absolute Gasteiger partial charge is 0.398 e. The first-order chi connectivity index (χ1) is 9.54. The minimum atomic E-state index is -3.82. The summed E-state index contributed by atoms with van der Waals surface area (Å²) in [6.07, 6.45) is 0. The van der Waals surface area contributed by atoms with E-state index in [4.69, 9.17) is 5.73 Å². The number of carbonyl (C=O) groups is 1. The van der Waals surface area contributed by atoms with E-state index in [1.54, 1.807) is 26.8 Å². The fourth-order valence-corrected chi connectivity index (χ4v) is 3.64. The van der Waals surface area contributed by atoms with Gasteiger partial charge in [-0.25, -0.2) is 8.42 Å².